The third-order valence-electron chi connectivity index (χ3n) is 2.94. The molecule has 2 nitrogen and oxygen atoms in total. The molecule has 0 heterocycles. The number of ether oxygens (including phenoxy) is 1. The normalized spacial score (nSPS) is 13.1. The molecule has 1 rings (SSSR count). The van der Waals surface area contributed by atoms with Crippen molar-refractivity contribution in [2.24, 2.45) is 5.92 Å². The summed E-state index contributed by atoms with van der Waals surface area (Å²) >= 11 is 2.32. The minimum Gasteiger partial charge on any atom is -0.462 e. The van der Waals surface area contributed by atoms with E-state index in [-0.39, 0.29) is 5.97 Å². The zero-order valence-corrected chi connectivity index (χ0v) is 13.7. The van der Waals surface area contributed by atoms with Gasteiger partial charge in [-0.1, -0.05) is 31.2 Å². The van der Waals surface area contributed by atoms with Crippen LogP contribution in [0.15, 0.2) is 40.0 Å². The average molecular weight is 372 g/mol. The maximum Gasteiger partial charge on any atom is 0.338 e. The molecule has 1 aromatic rings. The topological polar surface area (TPSA) is 26.3 Å². The molecule has 0 saturated heterocycles. The summed E-state index contributed by atoms with van der Waals surface area (Å²) in [6.45, 7) is 4.81. The van der Waals surface area contributed by atoms with Gasteiger partial charge in [0.15, 0.2) is 0 Å². The van der Waals surface area contributed by atoms with Crippen LogP contribution in [0.2, 0.25) is 0 Å². The van der Waals surface area contributed by atoms with Crippen LogP contribution in [-0.2, 0) is 4.74 Å². The van der Waals surface area contributed by atoms with Crippen LogP contribution in [0.3, 0.4) is 0 Å². The van der Waals surface area contributed by atoms with Crippen LogP contribution in [0, 0.1) is 5.92 Å². The summed E-state index contributed by atoms with van der Waals surface area (Å²) in [5.41, 5.74) is 0.624. The molecule has 0 bridgehead atoms. The molecular formula is C16H21IO2. The van der Waals surface area contributed by atoms with Gasteiger partial charge >= 0.3 is 5.97 Å². The number of carbonyl (C=O) groups is 1. The van der Waals surface area contributed by atoms with E-state index >= 15 is 0 Å². The molecule has 3 heteroatoms. The van der Waals surface area contributed by atoms with Gasteiger partial charge in [-0.05, 0) is 70.4 Å². The Kier molecular flexibility index (Phi) is 7.79. The Morgan fingerprint density at radius 3 is 2.63 bits per heavy atom. The zero-order chi connectivity index (χ0) is 14.1. The smallest absolute Gasteiger partial charge is 0.338 e. The summed E-state index contributed by atoms with van der Waals surface area (Å²) in [5.74, 6) is 0.353. The molecular weight excluding hydrogens is 351 g/mol. The van der Waals surface area contributed by atoms with Gasteiger partial charge in [0.05, 0.1) is 12.2 Å². The lowest BCUT2D eigenvalue weighted by molar-refractivity contribution is 0.0484. The molecule has 1 aromatic carbocycles. The van der Waals surface area contributed by atoms with Crippen LogP contribution in [-0.4, -0.2) is 12.6 Å². The summed E-state index contributed by atoms with van der Waals surface area (Å²) in [6.07, 6.45) is 5.41. The molecule has 0 spiro atoms. The number of carbonyl (C=O) groups excluding carboxylic acids is 1. The number of halogens is 1. The number of rotatable bonds is 7. The Bertz CT molecular complexity index is 408. The first-order valence-electron chi connectivity index (χ1n) is 6.64. The van der Waals surface area contributed by atoms with Crippen molar-refractivity contribution in [3.05, 3.63) is 45.6 Å². The molecule has 1 atom stereocenters. The van der Waals surface area contributed by atoms with Crippen molar-refractivity contribution in [3.63, 3.8) is 0 Å². The lowest BCUT2D eigenvalue weighted by Gasteiger charge is -2.10. The van der Waals surface area contributed by atoms with E-state index in [2.05, 4.69) is 42.5 Å². The van der Waals surface area contributed by atoms with Crippen LogP contribution in [0.1, 0.15) is 43.5 Å². The van der Waals surface area contributed by atoms with Gasteiger partial charge in [0.25, 0.3) is 0 Å². The Morgan fingerprint density at radius 1 is 1.32 bits per heavy atom. The second kappa shape index (κ2) is 9.13. The Labute approximate surface area is 129 Å². The minimum absolute atomic E-state index is 0.226. The molecule has 0 aliphatic carbocycles. The first kappa shape index (κ1) is 16.2. The van der Waals surface area contributed by atoms with Crippen molar-refractivity contribution in [3.8, 4) is 0 Å². The van der Waals surface area contributed by atoms with Crippen LogP contribution in [0.4, 0.5) is 0 Å². The van der Waals surface area contributed by atoms with Crippen molar-refractivity contribution >= 4 is 28.6 Å². The first-order chi connectivity index (χ1) is 9.09. The van der Waals surface area contributed by atoms with Gasteiger partial charge in [0.1, 0.15) is 0 Å². The highest BCUT2D eigenvalue weighted by molar-refractivity contribution is 14.1. The van der Waals surface area contributed by atoms with Gasteiger partial charge in [0.2, 0.25) is 0 Å². The number of benzene rings is 1. The zero-order valence-electron chi connectivity index (χ0n) is 11.6. The molecule has 0 aromatic heterocycles. The molecule has 104 valence electrons. The fraction of sp³-hybridized carbons (Fsp3) is 0.438. The SMILES string of the molecule is C/C(I)=C/CC[C@H](C)CCOC(=O)c1ccccc1. The fourth-order valence-electron chi connectivity index (χ4n) is 1.72. The predicted octanol–water partition coefficient (Wildman–Crippen LogP) is 4.99. The Morgan fingerprint density at radius 2 is 2.00 bits per heavy atom. The van der Waals surface area contributed by atoms with Gasteiger partial charge in [-0.3, -0.25) is 0 Å². The third kappa shape index (κ3) is 7.35. The molecule has 0 radical (unpaired) electrons. The summed E-state index contributed by atoms with van der Waals surface area (Å²) in [7, 11) is 0. The first-order valence-corrected chi connectivity index (χ1v) is 7.72. The molecule has 0 fully saturated rings. The summed E-state index contributed by atoms with van der Waals surface area (Å²) in [5, 5.41) is 0. The fourth-order valence-corrected chi connectivity index (χ4v) is 2.03. The number of allylic oxidation sites excluding steroid dienone is 2. The predicted molar refractivity (Wildman–Crippen MR) is 87.5 cm³/mol. The van der Waals surface area contributed by atoms with E-state index < -0.39 is 0 Å². The van der Waals surface area contributed by atoms with Gasteiger partial charge in [-0.15, -0.1) is 0 Å². The van der Waals surface area contributed by atoms with Gasteiger partial charge in [0, 0.05) is 0 Å². The summed E-state index contributed by atoms with van der Waals surface area (Å²) in [6, 6.07) is 9.14. The number of esters is 1. The maximum absolute atomic E-state index is 11.7. The van der Waals surface area contributed by atoms with Crippen LogP contribution >= 0.6 is 22.6 Å². The quantitative estimate of drug-likeness (QED) is 0.498. The summed E-state index contributed by atoms with van der Waals surface area (Å²) in [4.78, 5) is 11.7. The average Bonchev–Trinajstić information content (AvgIpc) is 2.39. The van der Waals surface area contributed by atoms with Gasteiger partial charge in [-0.2, -0.15) is 0 Å². The van der Waals surface area contributed by atoms with Crippen molar-refractivity contribution in [1.29, 1.82) is 0 Å². The van der Waals surface area contributed by atoms with Crippen LogP contribution in [0.25, 0.3) is 0 Å². The highest BCUT2D eigenvalue weighted by Gasteiger charge is 2.07. The minimum atomic E-state index is -0.226. The van der Waals surface area contributed by atoms with E-state index in [0.717, 1.165) is 19.3 Å². The van der Waals surface area contributed by atoms with Gasteiger partial charge in [-0.25, -0.2) is 4.79 Å². The largest absolute Gasteiger partial charge is 0.462 e. The Hall–Kier alpha value is -0.840. The number of hydrogen-bond acceptors (Lipinski definition) is 2. The van der Waals surface area contributed by atoms with E-state index in [1.165, 1.54) is 3.58 Å². The van der Waals surface area contributed by atoms with Crippen LogP contribution in [0.5, 0.6) is 0 Å². The van der Waals surface area contributed by atoms with Crippen molar-refractivity contribution in [1.82, 2.24) is 0 Å². The van der Waals surface area contributed by atoms with Crippen LogP contribution < -0.4 is 0 Å². The standard InChI is InChI=1S/C16H21IO2/c1-13(7-6-8-14(2)17)11-12-19-16(18)15-9-4-3-5-10-15/h3-5,8-10,13H,6-7,11-12H2,1-2H3/b14-8-/t13-/m0/s1. The lowest BCUT2D eigenvalue weighted by atomic mass is 10.0. The van der Waals surface area contributed by atoms with Gasteiger partial charge < -0.3 is 4.74 Å². The van der Waals surface area contributed by atoms with E-state index in [0.29, 0.717) is 18.1 Å². The van der Waals surface area contributed by atoms with E-state index in [1.54, 1.807) is 12.1 Å². The molecule has 0 N–H and O–H groups in total. The Balaban J connectivity index is 2.20. The highest BCUT2D eigenvalue weighted by Crippen LogP contribution is 2.14. The molecule has 0 amide bonds. The second-order valence-corrected chi connectivity index (χ2v) is 6.47. The van der Waals surface area contributed by atoms with Crippen molar-refractivity contribution in [2.45, 2.75) is 33.1 Å². The van der Waals surface area contributed by atoms with E-state index in [9.17, 15) is 4.79 Å². The van der Waals surface area contributed by atoms with E-state index in [4.69, 9.17) is 4.74 Å². The van der Waals surface area contributed by atoms with Crippen molar-refractivity contribution in [2.75, 3.05) is 6.61 Å². The summed E-state index contributed by atoms with van der Waals surface area (Å²) < 4.78 is 6.60. The molecule has 19 heavy (non-hydrogen) atoms. The monoisotopic (exact) mass is 372 g/mol. The molecule has 0 saturated carbocycles. The maximum atomic E-state index is 11.7. The van der Waals surface area contributed by atoms with Crippen molar-refractivity contribution < 1.29 is 9.53 Å². The molecule has 0 aliphatic heterocycles. The molecule has 0 aliphatic rings. The van der Waals surface area contributed by atoms with E-state index in [1.807, 2.05) is 18.2 Å². The third-order valence-corrected chi connectivity index (χ3v) is 3.38. The highest BCUT2D eigenvalue weighted by atomic mass is 127. The lowest BCUT2D eigenvalue weighted by Crippen LogP contribution is -2.08. The molecule has 0 unspecified atom stereocenters. The number of hydrogen-bond donors (Lipinski definition) is 0. The second-order valence-electron chi connectivity index (χ2n) is 4.76.